The molecular weight excluding hydrogens is 278 g/mol. The zero-order valence-electron chi connectivity index (χ0n) is 12.3. The summed E-state index contributed by atoms with van der Waals surface area (Å²) in [6, 6.07) is 13.1. The van der Waals surface area contributed by atoms with Crippen LogP contribution in [0, 0.1) is 0 Å². The van der Waals surface area contributed by atoms with Gasteiger partial charge < -0.3 is 15.4 Å². The van der Waals surface area contributed by atoms with Gasteiger partial charge in [0.15, 0.2) is 0 Å². The SMILES string of the molecule is O=C(CC1CCCN1)Nc1cccc(Oc2ccccn2)c1. The van der Waals surface area contributed by atoms with E-state index < -0.39 is 0 Å². The van der Waals surface area contributed by atoms with Gasteiger partial charge in [-0.25, -0.2) is 4.98 Å². The number of amides is 1. The summed E-state index contributed by atoms with van der Waals surface area (Å²) in [6.07, 6.45) is 4.39. The maximum absolute atomic E-state index is 12.0. The Morgan fingerprint density at radius 3 is 3.05 bits per heavy atom. The van der Waals surface area contributed by atoms with Crippen molar-refractivity contribution in [2.75, 3.05) is 11.9 Å². The molecular formula is C17H19N3O2. The zero-order chi connectivity index (χ0) is 15.2. The number of aromatic nitrogens is 1. The average Bonchev–Trinajstić information content (AvgIpc) is 3.01. The number of anilines is 1. The van der Waals surface area contributed by atoms with Gasteiger partial charge in [0.1, 0.15) is 5.75 Å². The molecule has 0 saturated carbocycles. The van der Waals surface area contributed by atoms with Crippen molar-refractivity contribution in [3.05, 3.63) is 48.7 Å². The van der Waals surface area contributed by atoms with Crippen LogP contribution in [0.4, 0.5) is 5.69 Å². The van der Waals surface area contributed by atoms with Gasteiger partial charge in [-0.1, -0.05) is 12.1 Å². The van der Waals surface area contributed by atoms with E-state index in [0.717, 1.165) is 25.1 Å². The number of pyridine rings is 1. The normalized spacial score (nSPS) is 17.2. The molecule has 0 spiro atoms. The fourth-order valence-electron chi connectivity index (χ4n) is 2.53. The number of rotatable bonds is 5. The molecule has 2 N–H and O–H groups in total. The van der Waals surface area contributed by atoms with Gasteiger partial charge in [-0.2, -0.15) is 0 Å². The van der Waals surface area contributed by atoms with E-state index in [2.05, 4.69) is 15.6 Å². The zero-order valence-corrected chi connectivity index (χ0v) is 12.3. The second-order valence-electron chi connectivity index (χ2n) is 5.34. The molecule has 0 bridgehead atoms. The number of nitrogens with one attached hydrogen (secondary N) is 2. The second kappa shape index (κ2) is 7.04. The molecule has 1 unspecified atom stereocenters. The molecule has 1 aromatic carbocycles. The monoisotopic (exact) mass is 297 g/mol. The number of hydrogen-bond acceptors (Lipinski definition) is 4. The van der Waals surface area contributed by atoms with Crippen LogP contribution in [-0.4, -0.2) is 23.5 Å². The molecule has 1 aliphatic rings. The van der Waals surface area contributed by atoms with Gasteiger partial charge in [0.05, 0.1) is 0 Å². The van der Waals surface area contributed by atoms with Crippen molar-refractivity contribution >= 4 is 11.6 Å². The molecule has 1 aliphatic heterocycles. The Morgan fingerprint density at radius 2 is 2.27 bits per heavy atom. The summed E-state index contributed by atoms with van der Waals surface area (Å²) in [4.78, 5) is 16.1. The Balaban J connectivity index is 1.59. The number of benzene rings is 1. The largest absolute Gasteiger partial charge is 0.439 e. The summed E-state index contributed by atoms with van der Waals surface area (Å²) in [5, 5.41) is 6.24. The van der Waals surface area contributed by atoms with Crippen LogP contribution in [-0.2, 0) is 4.79 Å². The van der Waals surface area contributed by atoms with E-state index in [4.69, 9.17) is 4.74 Å². The third-order valence-corrected chi connectivity index (χ3v) is 3.57. The number of nitrogens with zero attached hydrogens (tertiary/aromatic N) is 1. The summed E-state index contributed by atoms with van der Waals surface area (Å²) >= 11 is 0. The highest BCUT2D eigenvalue weighted by Crippen LogP contribution is 2.22. The van der Waals surface area contributed by atoms with Gasteiger partial charge in [0, 0.05) is 36.5 Å². The summed E-state index contributed by atoms with van der Waals surface area (Å²) in [6.45, 7) is 1.01. The Morgan fingerprint density at radius 1 is 1.32 bits per heavy atom. The lowest BCUT2D eigenvalue weighted by molar-refractivity contribution is -0.116. The third-order valence-electron chi connectivity index (χ3n) is 3.57. The van der Waals surface area contributed by atoms with E-state index in [1.165, 1.54) is 0 Å². The highest BCUT2D eigenvalue weighted by molar-refractivity contribution is 5.91. The van der Waals surface area contributed by atoms with E-state index in [9.17, 15) is 4.79 Å². The van der Waals surface area contributed by atoms with Crippen LogP contribution in [0.5, 0.6) is 11.6 Å². The summed E-state index contributed by atoms with van der Waals surface area (Å²) in [7, 11) is 0. The molecule has 0 aliphatic carbocycles. The van der Waals surface area contributed by atoms with Crippen LogP contribution in [0.1, 0.15) is 19.3 Å². The van der Waals surface area contributed by atoms with E-state index in [1.807, 2.05) is 30.3 Å². The molecule has 3 rings (SSSR count). The van der Waals surface area contributed by atoms with Crippen molar-refractivity contribution in [1.82, 2.24) is 10.3 Å². The average molecular weight is 297 g/mol. The van der Waals surface area contributed by atoms with Crippen molar-refractivity contribution in [2.45, 2.75) is 25.3 Å². The van der Waals surface area contributed by atoms with Gasteiger partial charge >= 0.3 is 0 Å². The molecule has 1 amide bonds. The maximum Gasteiger partial charge on any atom is 0.225 e. The van der Waals surface area contributed by atoms with Crippen LogP contribution in [0.15, 0.2) is 48.7 Å². The lowest BCUT2D eigenvalue weighted by atomic mass is 10.1. The first-order chi connectivity index (χ1) is 10.8. The predicted molar refractivity (Wildman–Crippen MR) is 85.0 cm³/mol. The smallest absolute Gasteiger partial charge is 0.225 e. The Kier molecular flexibility index (Phi) is 4.65. The molecule has 114 valence electrons. The Bertz CT molecular complexity index is 625. The number of carbonyl (C=O) groups excluding carboxylic acids is 1. The third kappa shape index (κ3) is 4.05. The molecule has 5 heteroatoms. The minimum Gasteiger partial charge on any atom is -0.439 e. The lowest BCUT2D eigenvalue weighted by Gasteiger charge is -2.11. The van der Waals surface area contributed by atoms with E-state index >= 15 is 0 Å². The quantitative estimate of drug-likeness (QED) is 0.890. The molecule has 2 aromatic rings. The van der Waals surface area contributed by atoms with Crippen LogP contribution in [0.2, 0.25) is 0 Å². The number of hydrogen-bond donors (Lipinski definition) is 2. The van der Waals surface area contributed by atoms with Crippen molar-refractivity contribution in [3.63, 3.8) is 0 Å². The van der Waals surface area contributed by atoms with Crippen LogP contribution in [0.3, 0.4) is 0 Å². The molecule has 1 fully saturated rings. The van der Waals surface area contributed by atoms with Gasteiger partial charge in [-0.3, -0.25) is 4.79 Å². The molecule has 1 aromatic heterocycles. The molecule has 1 saturated heterocycles. The number of carbonyl (C=O) groups is 1. The second-order valence-corrected chi connectivity index (χ2v) is 5.34. The van der Waals surface area contributed by atoms with Crippen LogP contribution < -0.4 is 15.4 Å². The van der Waals surface area contributed by atoms with Crippen molar-refractivity contribution in [1.29, 1.82) is 0 Å². The molecule has 0 radical (unpaired) electrons. The van der Waals surface area contributed by atoms with Gasteiger partial charge in [0.25, 0.3) is 0 Å². The first-order valence-electron chi connectivity index (χ1n) is 7.52. The van der Waals surface area contributed by atoms with E-state index in [1.54, 1.807) is 18.3 Å². The molecule has 22 heavy (non-hydrogen) atoms. The molecule has 2 heterocycles. The standard InChI is InChI=1S/C17H19N3O2/c21-16(12-13-6-4-10-18-13)20-14-5-3-7-15(11-14)22-17-8-1-2-9-19-17/h1-3,5,7-9,11,13,18H,4,6,10,12H2,(H,20,21). The van der Waals surface area contributed by atoms with Gasteiger partial charge in [-0.15, -0.1) is 0 Å². The summed E-state index contributed by atoms with van der Waals surface area (Å²) in [5.74, 6) is 1.20. The minimum atomic E-state index is 0.0226. The topological polar surface area (TPSA) is 63.2 Å². The Labute approximate surface area is 129 Å². The highest BCUT2D eigenvalue weighted by atomic mass is 16.5. The summed E-state index contributed by atoms with van der Waals surface area (Å²) in [5.41, 5.74) is 0.733. The minimum absolute atomic E-state index is 0.0226. The fraction of sp³-hybridized carbons (Fsp3) is 0.294. The summed E-state index contributed by atoms with van der Waals surface area (Å²) < 4.78 is 5.66. The maximum atomic E-state index is 12.0. The van der Waals surface area contributed by atoms with Crippen molar-refractivity contribution < 1.29 is 9.53 Å². The van der Waals surface area contributed by atoms with Crippen molar-refractivity contribution in [3.8, 4) is 11.6 Å². The van der Waals surface area contributed by atoms with Gasteiger partial charge in [0.2, 0.25) is 11.8 Å². The van der Waals surface area contributed by atoms with Gasteiger partial charge in [-0.05, 0) is 37.6 Å². The van der Waals surface area contributed by atoms with E-state index in [-0.39, 0.29) is 5.91 Å². The Hall–Kier alpha value is -2.40. The van der Waals surface area contributed by atoms with Crippen LogP contribution in [0.25, 0.3) is 0 Å². The van der Waals surface area contributed by atoms with E-state index in [0.29, 0.717) is 24.1 Å². The fourth-order valence-corrected chi connectivity index (χ4v) is 2.53. The van der Waals surface area contributed by atoms with Crippen LogP contribution >= 0.6 is 0 Å². The number of ether oxygens (including phenoxy) is 1. The molecule has 1 atom stereocenters. The first kappa shape index (κ1) is 14.5. The predicted octanol–water partition coefficient (Wildman–Crippen LogP) is 2.95. The highest BCUT2D eigenvalue weighted by Gasteiger charge is 2.17. The van der Waals surface area contributed by atoms with Crippen molar-refractivity contribution in [2.24, 2.45) is 0 Å². The lowest BCUT2D eigenvalue weighted by Crippen LogP contribution is -2.27. The molecule has 5 nitrogen and oxygen atoms in total. The first-order valence-corrected chi connectivity index (χ1v) is 7.52.